The molecule has 4 aliphatic carbocycles. The van der Waals surface area contributed by atoms with Crippen LogP contribution in [0.1, 0.15) is 83.9 Å². The lowest BCUT2D eigenvalue weighted by Gasteiger charge is -2.53. The third-order valence-corrected chi connectivity index (χ3v) is 10.8. The molecular weight excluding hydrogens is 576 g/mol. The number of aromatic nitrogens is 2. The summed E-state index contributed by atoms with van der Waals surface area (Å²) in [7, 11) is -1.64. The van der Waals surface area contributed by atoms with Crippen LogP contribution in [0.4, 0.5) is 11.4 Å². The van der Waals surface area contributed by atoms with Crippen molar-refractivity contribution in [2.45, 2.75) is 89.1 Å². The molecule has 10 heteroatoms. The van der Waals surface area contributed by atoms with Gasteiger partial charge in [-0.15, -0.1) is 0 Å². The van der Waals surface area contributed by atoms with Crippen LogP contribution in [0.2, 0.25) is 0 Å². The van der Waals surface area contributed by atoms with Crippen LogP contribution in [0.25, 0.3) is 11.1 Å². The maximum absolute atomic E-state index is 14.1. The quantitative estimate of drug-likeness (QED) is 0.292. The number of hydrogen-bond donors (Lipinski definition) is 1. The van der Waals surface area contributed by atoms with Gasteiger partial charge >= 0.3 is 0 Å². The molecule has 2 aromatic carbocycles. The number of nitrogens with one attached hydrogen (secondary N) is 1. The van der Waals surface area contributed by atoms with Gasteiger partial charge in [-0.1, -0.05) is 50.2 Å². The zero-order valence-corrected chi connectivity index (χ0v) is 27.2. The van der Waals surface area contributed by atoms with E-state index in [1.54, 1.807) is 19.2 Å². The summed E-state index contributed by atoms with van der Waals surface area (Å²) in [6.07, 6.45) is 8.87. The number of hydrogen-bond acceptors (Lipinski definition) is 7. The zero-order valence-electron chi connectivity index (χ0n) is 26.4. The molecule has 1 N–H and O–H groups in total. The highest BCUT2D eigenvalue weighted by Gasteiger charge is 2.53. The first-order valence-corrected chi connectivity index (χ1v) is 17.5. The summed E-state index contributed by atoms with van der Waals surface area (Å²) >= 11 is 0. The summed E-state index contributed by atoms with van der Waals surface area (Å²) < 4.78 is 37.0. The van der Waals surface area contributed by atoms with E-state index in [0.717, 1.165) is 80.3 Å². The monoisotopic (exact) mass is 620 g/mol. The second kappa shape index (κ2) is 11.3. The number of carbonyl (C=O) groups excluding carboxylic acids is 1. The van der Waals surface area contributed by atoms with Crippen molar-refractivity contribution in [2.75, 3.05) is 29.5 Å². The van der Waals surface area contributed by atoms with Crippen molar-refractivity contribution < 1.29 is 22.5 Å². The van der Waals surface area contributed by atoms with Crippen molar-refractivity contribution in [3.63, 3.8) is 0 Å². The number of carbonyl (C=O) groups is 1. The van der Waals surface area contributed by atoms with Crippen LogP contribution in [0.3, 0.4) is 0 Å². The lowest BCUT2D eigenvalue weighted by molar-refractivity contribution is -0.130. The van der Waals surface area contributed by atoms with Crippen molar-refractivity contribution in [2.24, 2.45) is 11.3 Å². The number of rotatable bonds is 9. The highest BCUT2D eigenvalue weighted by Crippen LogP contribution is 2.58. The molecule has 44 heavy (non-hydrogen) atoms. The van der Waals surface area contributed by atoms with Gasteiger partial charge in [0.25, 0.3) is 0 Å². The molecule has 0 spiro atoms. The van der Waals surface area contributed by atoms with Crippen LogP contribution in [0.15, 0.2) is 53.1 Å². The summed E-state index contributed by atoms with van der Waals surface area (Å²) in [4.78, 5) is 21.0. The maximum Gasteiger partial charge on any atom is 0.232 e. The van der Waals surface area contributed by atoms with Gasteiger partial charge in [0.05, 0.1) is 12.4 Å². The van der Waals surface area contributed by atoms with Crippen LogP contribution < -0.4 is 9.62 Å². The number of benzene rings is 2. The average molecular weight is 621 g/mol. The number of ether oxygens (including phenoxy) is 1. The summed E-state index contributed by atoms with van der Waals surface area (Å²) in [6, 6.07) is 15.5. The molecule has 4 saturated carbocycles. The fourth-order valence-electron chi connectivity index (χ4n) is 7.19. The third-order valence-electron chi connectivity index (χ3n) is 10.2. The minimum atomic E-state index is -3.35. The van der Waals surface area contributed by atoms with Gasteiger partial charge in [-0.2, -0.15) is 4.98 Å². The van der Waals surface area contributed by atoms with E-state index in [1.165, 1.54) is 0 Å². The molecule has 4 fully saturated rings. The van der Waals surface area contributed by atoms with Gasteiger partial charge < -0.3 is 14.2 Å². The lowest BCUT2D eigenvalue weighted by Crippen LogP contribution is -2.53. The summed E-state index contributed by atoms with van der Waals surface area (Å²) in [5.41, 5.74) is 3.18. The largest absolute Gasteiger partial charge is 0.381 e. The highest BCUT2D eigenvalue weighted by molar-refractivity contribution is 7.92. The van der Waals surface area contributed by atoms with E-state index in [-0.39, 0.29) is 34.2 Å². The first-order valence-electron chi connectivity index (χ1n) is 15.7. The second-order valence-electron chi connectivity index (χ2n) is 14.4. The van der Waals surface area contributed by atoms with Crippen LogP contribution in [0, 0.1) is 11.3 Å². The van der Waals surface area contributed by atoms with E-state index < -0.39 is 10.0 Å². The Morgan fingerprint density at radius 3 is 2.25 bits per heavy atom. The molecule has 1 aromatic heterocycles. The van der Waals surface area contributed by atoms with Gasteiger partial charge in [-0.25, -0.2) is 8.42 Å². The number of nitrogens with zero attached hydrogens (tertiary/aromatic N) is 3. The fraction of sp³-hybridized carbons (Fsp3) is 0.559. The number of fused-ring (bicyclic) bond motifs is 3. The fourth-order valence-corrected chi connectivity index (χ4v) is 7.75. The Bertz CT molecular complexity index is 1590. The van der Waals surface area contributed by atoms with Gasteiger partial charge in [0, 0.05) is 41.8 Å². The van der Waals surface area contributed by atoms with Crippen molar-refractivity contribution in [3.05, 3.63) is 60.2 Å². The molecule has 2 bridgehead atoms. The van der Waals surface area contributed by atoms with Crippen molar-refractivity contribution >= 4 is 27.3 Å². The molecule has 0 saturated heterocycles. The molecule has 3 aromatic rings. The average Bonchev–Trinajstić information content (AvgIpc) is 3.49. The normalized spacial score (nSPS) is 26.7. The Balaban J connectivity index is 1.24. The zero-order chi connectivity index (χ0) is 31.3. The Kier molecular flexibility index (Phi) is 7.89. The Labute approximate surface area is 260 Å². The molecule has 0 atom stereocenters. The third kappa shape index (κ3) is 6.15. The van der Waals surface area contributed by atoms with Gasteiger partial charge in [0.2, 0.25) is 21.8 Å². The summed E-state index contributed by atoms with van der Waals surface area (Å²) in [5, 5.41) is 4.46. The van der Waals surface area contributed by atoms with Crippen LogP contribution in [0.5, 0.6) is 0 Å². The molecule has 9 nitrogen and oxygen atoms in total. The SMILES string of the molecule is CO[C@H]1C[C@@H](C(=O)N(CC23CCC(c4noc(C(C)(C)C)n4)(CC2)CC3)c2cccc(-c3ccc(NS(C)(=O)=O)cc3)c2)C1. The van der Waals surface area contributed by atoms with E-state index in [9.17, 15) is 13.2 Å². The molecule has 1 amide bonds. The van der Waals surface area contributed by atoms with Gasteiger partial charge in [0.1, 0.15) is 0 Å². The van der Waals surface area contributed by atoms with E-state index >= 15 is 0 Å². The molecule has 7 rings (SSSR count). The standard InChI is InChI=1S/C34H44N4O5S/c1-32(2,3)31-35-30(36-43-31)34-16-13-33(14-17-34,15-18-34)22-38(29(39)25-20-28(21-25)42-4)27-8-6-7-24(19-27)23-9-11-26(12-10-23)37-44(5,40)41/h6-12,19,25,28,37H,13-18,20-22H2,1-5H3/t25-,28+,33?,34?. The first kappa shape index (κ1) is 30.8. The van der Waals surface area contributed by atoms with Crippen LogP contribution in [-0.4, -0.2) is 50.5 Å². The van der Waals surface area contributed by atoms with Crippen LogP contribution >= 0.6 is 0 Å². The van der Waals surface area contributed by atoms with Gasteiger partial charge in [0.15, 0.2) is 5.82 Å². The smallest absolute Gasteiger partial charge is 0.232 e. The molecule has 236 valence electrons. The molecule has 4 aliphatic rings. The number of sulfonamides is 1. The lowest BCUT2D eigenvalue weighted by atomic mass is 9.53. The van der Waals surface area contributed by atoms with E-state index in [0.29, 0.717) is 18.1 Å². The Morgan fingerprint density at radius 1 is 1.02 bits per heavy atom. The molecule has 0 unspecified atom stereocenters. The molecule has 0 radical (unpaired) electrons. The predicted molar refractivity (Wildman–Crippen MR) is 171 cm³/mol. The van der Waals surface area contributed by atoms with Crippen molar-refractivity contribution in [3.8, 4) is 11.1 Å². The van der Waals surface area contributed by atoms with E-state index in [4.69, 9.17) is 14.2 Å². The van der Waals surface area contributed by atoms with E-state index in [1.807, 2.05) is 35.2 Å². The minimum Gasteiger partial charge on any atom is -0.381 e. The van der Waals surface area contributed by atoms with Crippen LogP contribution in [-0.2, 0) is 30.4 Å². The molecule has 0 aliphatic heterocycles. The van der Waals surface area contributed by atoms with Crippen molar-refractivity contribution in [1.82, 2.24) is 10.1 Å². The summed E-state index contributed by atoms with van der Waals surface area (Å²) in [6.45, 7) is 6.98. The second-order valence-corrected chi connectivity index (χ2v) is 16.2. The molecular formula is C34H44N4O5S. The summed E-state index contributed by atoms with van der Waals surface area (Å²) in [5.74, 6) is 1.68. The van der Waals surface area contributed by atoms with Gasteiger partial charge in [-0.05, 0) is 92.2 Å². The maximum atomic E-state index is 14.1. The van der Waals surface area contributed by atoms with Crippen molar-refractivity contribution in [1.29, 1.82) is 0 Å². The molecule has 1 heterocycles. The number of methoxy groups -OCH3 is 1. The number of anilines is 2. The topological polar surface area (TPSA) is 115 Å². The Morgan fingerprint density at radius 2 is 1.68 bits per heavy atom. The predicted octanol–water partition coefficient (Wildman–Crippen LogP) is 6.46. The minimum absolute atomic E-state index is 0.0391. The Hall–Kier alpha value is -3.24. The van der Waals surface area contributed by atoms with Gasteiger partial charge in [-0.3, -0.25) is 9.52 Å². The number of amides is 1. The highest BCUT2D eigenvalue weighted by atomic mass is 32.2. The first-order chi connectivity index (χ1) is 20.8. The van der Waals surface area contributed by atoms with E-state index in [2.05, 4.69) is 36.7 Å².